The molecular weight excluding hydrogens is 486 g/mol. The highest BCUT2D eigenvalue weighted by molar-refractivity contribution is 6.31. The Morgan fingerprint density at radius 3 is 2.28 bits per heavy atom. The van der Waals surface area contributed by atoms with Crippen LogP contribution in [0, 0.1) is 17.0 Å². The molecule has 2 aliphatic rings. The number of halogens is 1. The number of hydrogen-bond donors (Lipinski definition) is 0. The number of rotatable bonds is 6. The van der Waals surface area contributed by atoms with Crippen LogP contribution in [0.5, 0.6) is 5.75 Å². The van der Waals surface area contributed by atoms with Gasteiger partial charge in [-0.2, -0.15) is 0 Å². The minimum atomic E-state index is -1.13. The van der Waals surface area contributed by atoms with Gasteiger partial charge in [0.05, 0.1) is 28.7 Å². The van der Waals surface area contributed by atoms with Crippen LogP contribution >= 0.6 is 11.6 Å². The van der Waals surface area contributed by atoms with E-state index in [4.69, 9.17) is 16.3 Å². The first kappa shape index (κ1) is 23.5. The molecule has 3 aromatic rings. The number of amides is 3. The summed E-state index contributed by atoms with van der Waals surface area (Å²) in [7, 11) is 0. The van der Waals surface area contributed by atoms with Crippen molar-refractivity contribution in [3.63, 3.8) is 0 Å². The van der Waals surface area contributed by atoms with Crippen LogP contribution < -0.4 is 9.64 Å². The van der Waals surface area contributed by atoms with E-state index < -0.39 is 34.7 Å². The predicted molar refractivity (Wildman–Crippen MR) is 131 cm³/mol. The molecule has 0 aromatic heterocycles. The highest BCUT2D eigenvalue weighted by Gasteiger charge is 2.57. The molecule has 2 heterocycles. The lowest BCUT2D eigenvalue weighted by Gasteiger charge is -2.50. The number of imide groups is 1. The maximum absolute atomic E-state index is 13.6. The average Bonchev–Trinajstić information content (AvgIpc) is 3.10. The summed E-state index contributed by atoms with van der Waals surface area (Å²) in [5.41, 5.74) is 1.67. The van der Waals surface area contributed by atoms with Crippen LogP contribution in [0.2, 0.25) is 5.02 Å². The van der Waals surface area contributed by atoms with E-state index in [1.54, 1.807) is 42.5 Å². The average molecular weight is 506 g/mol. The Labute approximate surface area is 211 Å². The van der Waals surface area contributed by atoms with Crippen LogP contribution in [-0.2, 0) is 4.79 Å². The third kappa shape index (κ3) is 3.59. The van der Waals surface area contributed by atoms with Crippen LogP contribution in [-0.4, -0.2) is 40.2 Å². The van der Waals surface area contributed by atoms with E-state index in [1.165, 1.54) is 17.0 Å². The summed E-state index contributed by atoms with van der Waals surface area (Å²) < 4.78 is 5.52. The number of non-ortho nitro benzene ring substituents is 1. The van der Waals surface area contributed by atoms with Crippen molar-refractivity contribution in [3.05, 3.63) is 98.1 Å². The third-order valence-corrected chi connectivity index (χ3v) is 6.66. The Morgan fingerprint density at radius 1 is 0.917 bits per heavy atom. The fourth-order valence-corrected chi connectivity index (χ4v) is 4.88. The summed E-state index contributed by atoms with van der Waals surface area (Å²) in [6, 6.07) is 13.9. The van der Waals surface area contributed by atoms with E-state index in [2.05, 4.69) is 0 Å². The van der Waals surface area contributed by atoms with Crippen molar-refractivity contribution in [2.24, 2.45) is 0 Å². The molecule has 0 radical (unpaired) electrons. The molecule has 9 nitrogen and oxygen atoms in total. The van der Waals surface area contributed by atoms with Crippen LogP contribution in [0.25, 0.3) is 0 Å². The van der Waals surface area contributed by atoms with Crippen LogP contribution in [0.1, 0.15) is 44.8 Å². The Balaban J connectivity index is 1.58. The lowest BCUT2D eigenvalue weighted by atomic mass is 9.85. The number of nitrogens with zero attached hydrogens (tertiary/aromatic N) is 3. The standard InChI is InChI=1S/C26H20ClN3O6/c1-3-36-18-9-5-15(6-10-18)22-23(26(33)28(22)21-12-16(27)7-4-14(21)2)29-24(31)19-11-8-17(30(34)35)13-20(19)25(29)32/h4-13,22-23H,3H2,1-2H3/t22-,23-/m0/s1. The topological polar surface area (TPSA) is 110 Å². The number of carbonyl (C=O) groups excluding carboxylic acids is 3. The number of nitro benzene ring substituents is 1. The molecule has 0 bridgehead atoms. The third-order valence-electron chi connectivity index (χ3n) is 6.42. The van der Waals surface area contributed by atoms with Gasteiger partial charge >= 0.3 is 0 Å². The van der Waals surface area contributed by atoms with E-state index in [9.17, 15) is 24.5 Å². The lowest BCUT2D eigenvalue weighted by Crippen LogP contribution is -2.67. The number of anilines is 1. The molecule has 3 aromatic carbocycles. The zero-order chi connectivity index (χ0) is 25.7. The highest BCUT2D eigenvalue weighted by atomic mass is 35.5. The molecule has 3 amide bonds. The quantitative estimate of drug-likeness (QED) is 0.208. The summed E-state index contributed by atoms with van der Waals surface area (Å²) >= 11 is 6.22. The molecule has 0 spiro atoms. The van der Waals surface area contributed by atoms with Crippen molar-refractivity contribution in [2.75, 3.05) is 11.5 Å². The Morgan fingerprint density at radius 2 is 1.61 bits per heavy atom. The van der Waals surface area contributed by atoms with Gasteiger partial charge in [-0.25, -0.2) is 0 Å². The van der Waals surface area contributed by atoms with Crippen LogP contribution in [0.3, 0.4) is 0 Å². The molecule has 0 unspecified atom stereocenters. The van der Waals surface area contributed by atoms with Crippen molar-refractivity contribution in [1.29, 1.82) is 0 Å². The van der Waals surface area contributed by atoms with Gasteiger partial charge in [0.25, 0.3) is 23.4 Å². The number of nitro groups is 1. The second-order valence-corrected chi connectivity index (χ2v) is 8.93. The zero-order valence-corrected chi connectivity index (χ0v) is 20.1. The van der Waals surface area contributed by atoms with E-state index in [0.717, 1.165) is 16.5 Å². The van der Waals surface area contributed by atoms with Gasteiger partial charge in [0.1, 0.15) is 11.8 Å². The smallest absolute Gasteiger partial charge is 0.270 e. The van der Waals surface area contributed by atoms with Gasteiger partial charge in [-0.3, -0.25) is 29.4 Å². The molecule has 0 saturated carbocycles. The maximum Gasteiger partial charge on any atom is 0.270 e. The fourth-order valence-electron chi connectivity index (χ4n) is 4.71. The summed E-state index contributed by atoms with van der Waals surface area (Å²) in [6.45, 7) is 4.19. The molecule has 5 rings (SSSR count). The molecule has 2 atom stereocenters. The first-order valence-electron chi connectivity index (χ1n) is 11.2. The Hall–Kier alpha value is -4.24. The van der Waals surface area contributed by atoms with Gasteiger partial charge in [-0.05, 0) is 55.3 Å². The van der Waals surface area contributed by atoms with Crippen molar-refractivity contribution in [3.8, 4) is 5.75 Å². The normalized spacial score (nSPS) is 18.8. The summed E-state index contributed by atoms with van der Waals surface area (Å²) in [6.07, 6.45) is 0. The predicted octanol–water partition coefficient (Wildman–Crippen LogP) is 4.71. The van der Waals surface area contributed by atoms with Gasteiger partial charge < -0.3 is 9.64 Å². The number of aryl methyl sites for hydroxylation is 1. The molecule has 36 heavy (non-hydrogen) atoms. The van der Waals surface area contributed by atoms with Crippen molar-refractivity contribution >= 4 is 40.7 Å². The number of fused-ring (bicyclic) bond motifs is 1. The number of ether oxygens (including phenoxy) is 1. The molecular formula is C26H20ClN3O6. The molecule has 10 heteroatoms. The largest absolute Gasteiger partial charge is 0.494 e. The van der Waals surface area contributed by atoms with E-state index in [0.29, 0.717) is 28.6 Å². The number of carbonyl (C=O) groups is 3. The molecule has 0 aliphatic carbocycles. The van der Waals surface area contributed by atoms with Gasteiger partial charge in [0.15, 0.2) is 0 Å². The van der Waals surface area contributed by atoms with E-state index >= 15 is 0 Å². The summed E-state index contributed by atoms with van der Waals surface area (Å²) in [5.74, 6) is -1.22. The molecule has 182 valence electrons. The van der Waals surface area contributed by atoms with E-state index in [-0.39, 0.29) is 16.8 Å². The minimum Gasteiger partial charge on any atom is -0.494 e. The highest BCUT2D eigenvalue weighted by Crippen LogP contribution is 2.46. The number of β-lactam (4-membered cyclic amide) rings is 1. The maximum atomic E-state index is 13.6. The van der Waals surface area contributed by atoms with Crippen molar-refractivity contribution < 1.29 is 24.0 Å². The SMILES string of the molecule is CCOc1ccc([C@H]2[C@H](N3C(=O)c4ccc([N+](=O)[O-])cc4C3=O)C(=O)N2c2cc(Cl)ccc2C)cc1. The van der Waals surface area contributed by atoms with Crippen molar-refractivity contribution in [2.45, 2.75) is 25.9 Å². The molecule has 1 fully saturated rings. The Bertz CT molecular complexity index is 1440. The molecule has 1 saturated heterocycles. The Kier molecular flexibility index (Phi) is 5.72. The zero-order valence-electron chi connectivity index (χ0n) is 19.3. The number of hydrogen-bond acceptors (Lipinski definition) is 6. The number of benzene rings is 3. The minimum absolute atomic E-state index is 0.0289. The van der Waals surface area contributed by atoms with Gasteiger partial charge in [-0.1, -0.05) is 29.8 Å². The van der Waals surface area contributed by atoms with E-state index in [1.807, 2.05) is 13.8 Å². The fraction of sp³-hybridized carbons (Fsp3) is 0.192. The first-order valence-corrected chi connectivity index (χ1v) is 11.6. The van der Waals surface area contributed by atoms with Crippen LogP contribution in [0.15, 0.2) is 60.7 Å². The van der Waals surface area contributed by atoms with Gasteiger partial charge in [0, 0.05) is 22.8 Å². The lowest BCUT2D eigenvalue weighted by molar-refractivity contribution is -0.384. The van der Waals surface area contributed by atoms with Crippen LogP contribution in [0.4, 0.5) is 11.4 Å². The molecule has 2 aliphatic heterocycles. The molecule has 0 N–H and O–H groups in total. The summed E-state index contributed by atoms with van der Waals surface area (Å²) in [4.78, 5) is 53.2. The van der Waals surface area contributed by atoms with Gasteiger partial charge in [-0.15, -0.1) is 0 Å². The second-order valence-electron chi connectivity index (χ2n) is 8.50. The monoisotopic (exact) mass is 505 g/mol. The second kappa shape index (κ2) is 8.76. The van der Waals surface area contributed by atoms with Gasteiger partial charge in [0.2, 0.25) is 0 Å². The first-order chi connectivity index (χ1) is 17.2. The summed E-state index contributed by atoms with van der Waals surface area (Å²) in [5, 5.41) is 11.6. The van der Waals surface area contributed by atoms with Crippen molar-refractivity contribution in [1.82, 2.24) is 4.90 Å².